The zero-order chi connectivity index (χ0) is 21.6. The Morgan fingerprint density at radius 1 is 1.13 bits per heavy atom. The highest BCUT2D eigenvalue weighted by molar-refractivity contribution is 6.36. The second-order valence-electron chi connectivity index (χ2n) is 5.75. The van der Waals surface area contributed by atoms with Crippen molar-refractivity contribution in [2.75, 3.05) is 5.32 Å². The molecule has 1 amide bonds. The number of rotatable bonds is 3. The average molecular weight is 478 g/mol. The van der Waals surface area contributed by atoms with Crippen LogP contribution < -0.4 is 5.32 Å². The van der Waals surface area contributed by atoms with Crippen LogP contribution in [-0.2, 0) is 4.79 Å². The molecule has 14 heteroatoms. The SMILES string of the molecule is O=C(Nc1c(-c2ccc(-c3ncno3)c(Cl)c2)nc2c(Cl)cc(Cl)nn12)C(F)(F)F. The summed E-state index contributed by atoms with van der Waals surface area (Å²) in [6.45, 7) is 0. The number of fused-ring (bicyclic) bond motifs is 1. The van der Waals surface area contributed by atoms with Crippen molar-refractivity contribution in [3.63, 3.8) is 0 Å². The molecule has 0 radical (unpaired) electrons. The molecule has 0 unspecified atom stereocenters. The Morgan fingerprint density at radius 3 is 2.53 bits per heavy atom. The molecule has 154 valence electrons. The molecular weight excluding hydrogens is 472 g/mol. The van der Waals surface area contributed by atoms with E-state index in [1.165, 1.54) is 30.6 Å². The van der Waals surface area contributed by atoms with Crippen molar-refractivity contribution in [1.29, 1.82) is 0 Å². The van der Waals surface area contributed by atoms with Crippen LogP contribution in [0.2, 0.25) is 15.2 Å². The van der Waals surface area contributed by atoms with Crippen LogP contribution in [0.3, 0.4) is 0 Å². The molecule has 3 heterocycles. The third kappa shape index (κ3) is 3.66. The van der Waals surface area contributed by atoms with Crippen molar-refractivity contribution in [2.24, 2.45) is 0 Å². The molecular formula is C16H6Cl3F3N6O2. The summed E-state index contributed by atoms with van der Waals surface area (Å²) in [6.07, 6.45) is -3.97. The monoisotopic (exact) mass is 476 g/mol. The highest BCUT2D eigenvalue weighted by atomic mass is 35.5. The van der Waals surface area contributed by atoms with Gasteiger partial charge < -0.3 is 9.84 Å². The number of hydrogen-bond acceptors (Lipinski definition) is 6. The molecule has 0 fully saturated rings. The average Bonchev–Trinajstić information content (AvgIpc) is 3.30. The molecule has 4 aromatic rings. The van der Waals surface area contributed by atoms with Gasteiger partial charge in [0.25, 0.3) is 5.89 Å². The van der Waals surface area contributed by atoms with Crippen molar-refractivity contribution in [3.8, 4) is 22.7 Å². The minimum atomic E-state index is -5.15. The van der Waals surface area contributed by atoms with E-state index in [-0.39, 0.29) is 38.0 Å². The summed E-state index contributed by atoms with van der Waals surface area (Å²) < 4.78 is 44.4. The maximum atomic E-state index is 12.8. The van der Waals surface area contributed by atoms with Gasteiger partial charge in [-0.25, -0.2) is 4.98 Å². The molecule has 1 N–H and O–H groups in total. The number of carbonyl (C=O) groups excluding carboxylic acids is 1. The summed E-state index contributed by atoms with van der Waals surface area (Å²) in [5, 5.41) is 9.17. The molecule has 0 aliphatic rings. The number of benzene rings is 1. The Hall–Kier alpha value is -2.89. The van der Waals surface area contributed by atoms with Crippen LogP contribution in [0.1, 0.15) is 0 Å². The molecule has 0 saturated heterocycles. The molecule has 0 aliphatic heterocycles. The normalized spacial score (nSPS) is 11.8. The quantitative estimate of drug-likeness (QED) is 0.450. The van der Waals surface area contributed by atoms with Crippen LogP contribution in [0.5, 0.6) is 0 Å². The van der Waals surface area contributed by atoms with E-state index in [2.05, 4.69) is 20.2 Å². The minimum absolute atomic E-state index is 0.0114. The minimum Gasteiger partial charge on any atom is -0.334 e. The van der Waals surface area contributed by atoms with E-state index in [0.29, 0.717) is 5.56 Å². The summed E-state index contributed by atoms with van der Waals surface area (Å²) in [4.78, 5) is 19.7. The number of amides is 1. The summed E-state index contributed by atoms with van der Waals surface area (Å²) >= 11 is 18.2. The number of anilines is 1. The third-order valence-corrected chi connectivity index (χ3v) is 4.61. The molecule has 0 spiro atoms. The Labute approximate surface area is 179 Å². The molecule has 1 aromatic carbocycles. The lowest BCUT2D eigenvalue weighted by molar-refractivity contribution is -0.167. The van der Waals surface area contributed by atoms with Crippen molar-refractivity contribution < 1.29 is 22.5 Å². The first-order valence-corrected chi connectivity index (χ1v) is 8.98. The zero-order valence-corrected chi connectivity index (χ0v) is 16.5. The lowest BCUT2D eigenvalue weighted by atomic mass is 10.1. The molecule has 30 heavy (non-hydrogen) atoms. The van der Waals surface area contributed by atoms with E-state index in [0.717, 1.165) is 4.52 Å². The van der Waals surface area contributed by atoms with Crippen molar-refractivity contribution in [3.05, 3.63) is 45.8 Å². The predicted molar refractivity (Wildman–Crippen MR) is 101 cm³/mol. The molecule has 8 nitrogen and oxygen atoms in total. The number of aromatic nitrogens is 5. The summed E-state index contributed by atoms with van der Waals surface area (Å²) in [5.41, 5.74) is 0.564. The van der Waals surface area contributed by atoms with Crippen molar-refractivity contribution in [1.82, 2.24) is 24.7 Å². The van der Waals surface area contributed by atoms with E-state index in [9.17, 15) is 18.0 Å². The summed E-state index contributed by atoms with van der Waals surface area (Å²) in [6, 6.07) is 5.66. The maximum Gasteiger partial charge on any atom is 0.471 e. The third-order valence-electron chi connectivity index (χ3n) is 3.83. The van der Waals surface area contributed by atoms with Gasteiger partial charge in [0.15, 0.2) is 22.9 Å². The van der Waals surface area contributed by atoms with Gasteiger partial charge in [-0.2, -0.15) is 27.8 Å². The molecule has 3 aromatic heterocycles. The number of nitrogens with one attached hydrogen (secondary N) is 1. The number of halogens is 6. The molecule has 4 rings (SSSR count). The molecule has 0 bridgehead atoms. The van der Waals surface area contributed by atoms with E-state index >= 15 is 0 Å². The van der Waals surface area contributed by atoms with Crippen LogP contribution >= 0.6 is 34.8 Å². The Kier molecular flexibility index (Phi) is 5.04. The number of alkyl halides is 3. The topological polar surface area (TPSA) is 98.2 Å². The van der Waals surface area contributed by atoms with E-state index in [1.54, 1.807) is 5.32 Å². The Bertz CT molecular complexity index is 1270. The van der Waals surface area contributed by atoms with Gasteiger partial charge in [0.2, 0.25) is 0 Å². The maximum absolute atomic E-state index is 12.8. The van der Waals surface area contributed by atoms with Crippen molar-refractivity contribution >= 4 is 52.2 Å². The van der Waals surface area contributed by atoms with Gasteiger partial charge in [-0.15, -0.1) is 0 Å². The van der Waals surface area contributed by atoms with Gasteiger partial charge in [-0.1, -0.05) is 46.0 Å². The highest BCUT2D eigenvalue weighted by Crippen LogP contribution is 2.36. The van der Waals surface area contributed by atoms with E-state index in [4.69, 9.17) is 39.3 Å². The van der Waals surface area contributed by atoms with Gasteiger partial charge in [0, 0.05) is 5.56 Å². The number of imidazole rings is 1. The summed E-state index contributed by atoms with van der Waals surface area (Å²) in [7, 11) is 0. The first kappa shape index (κ1) is 20.4. The van der Waals surface area contributed by atoms with E-state index in [1.807, 2.05) is 0 Å². The predicted octanol–water partition coefficient (Wildman–Crippen LogP) is 4.91. The van der Waals surface area contributed by atoms with Gasteiger partial charge in [-0.3, -0.25) is 4.79 Å². The van der Waals surface area contributed by atoms with Gasteiger partial charge in [-0.05, 0) is 18.2 Å². The van der Waals surface area contributed by atoms with Gasteiger partial charge in [0.05, 0.1) is 15.6 Å². The second kappa shape index (κ2) is 7.42. The molecule has 0 aliphatic carbocycles. The number of hydrogen-bond donors (Lipinski definition) is 1. The standard InChI is InChI=1S/C16H6Cl3F3N6O2/c17-8-3-6(1-2-7(8)14-23-5-24-30-14)11-13(26-15(29)16(20,21)22)28-12(25-11)9(18)4-10(19)27-28/h1-5H,(H,26,29). The first-order valence-electron chi connectivity index (χ1n) is 7.85. The first-order chi connectivity index (χ1) is 14.1. The lowest BCUT2D eigenvalue weighted by Gasteiger charge is -2.10. The number of carbonyl (C=O) groups is 1. The largest absolute Gasteiger partial charge is 0.471 e. The van der Waals surface area contributed by atoms with Gasteiger partial charge in [0.1, 0.15) is 5.69 Å². The summed E-state index contributed by atoms with van der Waals surface area (Å²) in [5.74, 6) is -2.47. The van der Waals surface area contributed by atoms with Crippen LogP contribution in [0, 0.1) is 0 Å². The smallest absolute Gasteiger partial charge is 0.334 e. The van der Waals surface area contributed by atoms with Crippen LogP contribution in [0.25, 0.3) is 28.4 Å². The van der Waals surface area contributed by atoms with E-state index < -0.39 is 17.9 Å². The fourth-order valence-corrected chi connectivity index (χ4v) is 3.30. The fraction of sp³-hybridized carbons (Fsp3) is 0.0625. The zero-order valence-electron chi connectivity index (χ0n) is 14.2. The van der Waals surface area contributed by atoms with Crippen LogP contribution in [-0.4, -0.2) is 36.8 Å². The van der Waals surface area contributed by atoms with Gasteiger partial charge >= 0.3 is 12.1 Å². The highest BCUT2D eigenvalue weighted by Gasteiger charge is 2.40. The fourth-order valence-electron chi connectivity index (χ4n) is 2.58. The molecule has 0 saturated carbocycles. The van der Waals surface area contributed by atoms with Crippen molar-refractivity contribution in [2.45, 2.75) is 6.18 Å². The van der Waals surface area contributed by atoms with Crippen LogP contribution in [0.4, 0.5) is 19.0 Å². The second-order valence-corrected chi connectivity index (χ2v) is 6.95. The van der Waals surface area contributed by atoms with Crippen LogP contribution in [0.15, 0.2) is 35.1 Å². The molecule has 0 atom stereocenters. The Morgan fingerprint density at radius 2 is 1.90 bits per heavy atom. The Balaban J connectivity index is 1.90. The lowest BCUT2D eigenvalue weighted by Crippen LogP contribution is -2.30. The number of nitrogens with zero attached hydrogens (tertiary/aromatic N) is 5.